The molecule has 1 aliphatic heterocycles. The molecule has 3 heterocycles. The molecule has 138 valence electrons. The monoisotopic (exact) mass is 361 g/mol. The van der Waals surface area contributed by atoms with Gasteiger partial charge in [-0.15, -0.1) is 0 Å². The van der Waals surface area contributed by atoms with Crippen molar-refractivity contribution < 1.29 is 4.39 Å². The summed E-state index contributed by atoms with van der Waals surface area (Å²) in [6, 6.07) is 17.3. The van der Waals surface area contributed by atoms with E-state index >= 15 is 0 Å². The highest BCUT2D eigenvalue weighted by atomic mass is 19.1. The lowest BCUT2D eigenvalue weighted by Crippen LogP contribution is -2.34. The van der Waals surface area contributed by atoms with E-state index in [0.717, 1.165) is 37.4 Å². The Bertz CT molecular complexity index is 882. The molecule has 1 saturated heterocycles. The number of benzene rings is 1. The van der Waals surface area contributed by atoms with Gasteiger partial charge < -0.3 is 0 Å². The summed E-state index contributed by atoms with van der Waals surface area (Å²) in [7, 11) is 0. The van der Waals surface area contributed by atoms with Crippen LogP contribution in [0.4, 0.5) is 4.39 Å². The van der Waals surface area contributed by atoms with Crippen LogP contribution in [0.25, 0.3) is 0 Å². The third kappa shape index (κ3) is 4.58. The Hall–Kier alpha value is -2.59. The SMILES string of the molecule is Fc1ccccc1Cc1cccc([C@H]2CCCN(Cc3ccncc3)C2)n1. The zero-order valence-corrected chi connectivity index (χ0v) is 15.4. The van der Waals surface area contributed by atoms with Gasteiger partial charge in [-0.1, -0.05) is 24.3 Å². The number of piperidine rings is 1. The van der Waals surface area contributed by atoms with Gasteiger partial charge in [-0.2, -0.15) is 0 Å². The first kappa shape index (κ1) is 17.8. The fraction of sp³-hybridized carbons (Fsp3) is 0.304. The molecule has 0 radical (unpaired) electrons. The number of hydrogen-bond acceptors (Lipinski definition) is 3. The Morgan fingerprint density at radius 1 is 1.00 bits per heavy atom. The zero-order chi connectivity index (χ0) is 18.5. The van der Waals surface area contributed by atoms with Crippen LogP contribution in [-0.4, -0.2) is 28.0 Å². The minimum atomic E-state index is -0.161. The van der Waals surface area contributed by atoms with E-state index in [1.807, 2.05) is 30.6 Å². The lowest BCUT2D eigenvalue weighted by molar-refractivity contribution is 0.198. The zero-order valence-electron chi connectivity index (χ0n) is 15.4. The number of hydrogen-bond donors (Lipinski definition) is 0. The van der Waals surface area contributed by atoms with E-state index in [0.29, 0.717) is 17.9 Å². The average molecular weight is 361 g/mol. The van der Waals surface area contributed by atoms with E-state index < -0.39 is 0 Å². The highest BCUT2D eigenvalue weighted by Gasteiger charge is 2.22. The van der Waals surface area contributed by atoms with Crippen LogP contribution in [0.15, 0.2) is 67.0 Å². The standard InChI is InChI=1S/C23H24FN3/c24-22-8-2-1-5-19(22)15-21-7-3-9-23(26-21)20-6-4-14-27(17-20)16-18-10-12-25-13-11-18/h1-3,5,7-13,20H,4,6,14-17H2/t20-/m0/s1. The Balaban J connectivity index is 1.45. The van der Waals surface area contributed by atoms with Crippen LogP contribution in [0.2, 0.25) is 0 Å². The van der Waals surface area contributed by atoms with Crippen molar-refractivity contribution in [1.29, 1.82) is 0 Å². The molecule has 0 bridgehead atoms. The molecule has 3 nitrogen and oxygen atoms in total. The third-order valence-corrected chi connectivity index (χ3v) is 5.24. The Morgan fingerprint density at radius 3 is 2.70 bits per heavy atom. The average Bonchev–Trinajstić information content (AvgIpc) is 2.71. The van der Waals surface area contributed by atoms with Crippen LogP contribution in [0, 0.1) is 5.82 Å². The highest BCUT2D eigenvalue weighted by molar-refractivity contribution is 5.25. The van der Waals surface area contributed by atoms with Gasteiger partial charge in [-0.25, -0.2) is 4.39 Å². The van der Waals surface area contributed by atoms with E-state index in [4.69, 9.17) is 4.98 Å². The molecule has 3 aromatic rings. The Labute approximate surface area is 159 Å². The molecule has 1 aromatic carbocycles. The topological polar surface area (TPSA) is 29.0 Å². The molecule has 1 fully saturated rings. The molecule has 0 spiro atoms. The van der Waals surface area contributed by atoms with Gasteiger partial charge in [0.1, 0.15) is 5.82 Å². The first-order chi connectivity index (χ1) is 13.3. The second kappa shape index (κ2) is 8.40. The van der Waals surface area contributed by atoms with Gasteiger partial charge in [0.2, 0.25) is 0 Å². The maximum absolute atomic E-state index is 13.9. The van der Waals surface area contributed by atoms with E-state index in [1.165, 1.54) is 18.1 Å². The van der Waals surface area contributed by atoms with Gasteiger partial charge in [0.15, 0.2) is 0 Å². The van der Waals surface area contributed by atoms with Crippen molar-refractivity contribution in [3.8, 4) is 0 Å². The van der Waals surface area contributed by atoms with Gasteiger partial charge in [-0.3, -0.25) is 14.9 Å². The first-order valence-electron chi connectivity index (χ1n) is 9.58. The second-order valence-corrected chi connectivity index (χ2v) is 7.25. The van der Waals surface area contributed by atoms with Crippen LogP contribution >= 0.6 is 0 Å². The van der Waals surface area contributed by atoms with Crippen LogP contribution in [0.5, 0.6) is 0 Å². The first-order valence-corrected chi connectivity index (χ1v) is 9.58. The van der Waals surface area contributed by atoms with Crippen molar-refractivity contribution in [3.05, 3.63) is 95.3 Å². The van der Waals surface area contributed by atoms with Crippen molar-refractivity contribution in [2.45, 2.75) is 31.7 Å². The minimum absolute atomic E-state index is 0.161. The van der Waals surface area contributed by atoms with Crippen LogP contribution in [0.3, 0.4) is 0 Å². The smallest absolute Gasteiger partial charge is 0.126 e. The molecule has 1 aliphatic rings. The molecule has 0 N–H and O–H groups in total. The van der Waals surface area contributed by atoms with Crippen molar-refractivity contribution in [2.24, 2.45) is 0 Å². The van der Waals surface area contributed by atoms with E-state index in [-0.39, 0.29) is 5.82 Å². The summed E-state index contributed by atoms with van der Waals surface area (Å²) in [5.41, 5.74) is 4.06. The van der Waals surface area contributed by atoms with Crippen LogP contribution in [0.1, 0.15) is 41.3 Å². The summed E-state index contributed by atoms with van der Waals surface area (Å²) in [5, 5.41) is 0. The number of halogens is 1. The summed E-state index contributed by atoms with van der Waals surface area (Å²) in [6.45, 7) is 3.08. The molecular weight excluding hydrogens is 337 g/mol. The van der Waals surface area contributed by atoms with Crippen molar-refractivity contribution in [3.63, 3.8) is 0 Å². The van der Waals surface area contributed by atoms with Gasteiger partial charge >= 0.3 is 0 Å². The van der Waals surface area contributed by atoms with E-state index in [1.54, 1.807) is 6.07 Å². The lowest BCUT2D eigenvalue weighted by atomic mass is 9.93. The normalized spacial score (nSPS) is 17.7. The number of likely N-dealkylation sites (tertiary alicyclic amines) is 1. The largest absolute Gasteiger partial charge is 0.298 e. The molecule has 0 amide bonds. The minimum Gasteiger partial charge on any atom is -0.298 e. The fourth-order valence-electron chi connectivity index (χ4n) is 3.85. The quantitative estimate of drug-likeness (QED) is 0.666. The third-order valence-electron chi connectivity index (χ3n) is 5.24. The highest BCUT2D eigenvalue weighted by Crippen LogP contribution is 2.27. The molecule has 0 saturated carbocycles. The Morgan fingerprint density at radius 2 is 1.85 bits per heavy atom. The van der Waals surface area contributed by atoms with Gasteiger partial charge in [0, 0.05) is 49.2 Å². The van der Waals surface area contributed by atoms with Crippen LogP contribution < -0.4 is 0 Å². The van der Waals surface area contributed by atoms with Crippen LogP contribution in [-0.2, 0) is 13.0 Å². The number of aromatic nitrogens is 2. The molecule has 4 heteroatoms. The Kier molecular flexibility index (Phi) is 5.54. The molecule has 1 atom stereocenters. The van der Waals surface area contributed by atoms with E-state index in [2.05, 4.69) is 34.1 Å². The van der Waals surface area contributed by atoms with Gasteiger partial charge in [0.05, 0.1) is 0 Å². The molecule has 0 aliphatic carbocycles. The molecule has 0 unspecified atom stereocenters. The summed E-state index contributed by atoms with van der Waals surface area (Å²) in [6.07, 6.45) is 6.57. The lowest BCUT2D eigenvalue weighted by Gasteiger charge is -2.32. The summed E-state index contributed by atoms with van der Waals surface area (Å²) in [4.78, 5) is 11.5. The molecule has 2 aromatic heterocycles. The van der Waals surface area contributed by atoms with Gasteiger partial charge in [0.25, 0.3) is 0 Å². The number of rotatable bonds is 5. The predicted octanol–water partition coefficient (Wildman–Crippen LogP) is 4.59. The van der Waals surface area contributed by atoms with E-state index in [9.17, 15) is 4.39 Å². The maximum atomic E-state index is 13.9. The summed E-state index contributed by atoms with van der Waals surface area (Å²) < 4.78 is 13.9. The second-order valence-electron chi connectivity index (χ2n) is 7.25. The maximum Gasteiger partial charge on any atom is 0.126 e. The molecular formula is C23H24FN3. The van der Waals surface area contributed by atoms with Crippen molar-refractivity contribution in [2.75, 3.05) is 13.1 Å². The number of pyridine rings is 2. The fourth-order valence-corrected chi connectivity index (χ4v) is 3.85. The van der Waals surface area contributed by atoms with Crippen molar-refractivity contribution >= 4 is 0 Å². The van der Waals surface area contributed by atoms with Crippen molar-refractivity contribution in [1.82, 2.24) is 14.9 Å². The molecule has 4 rings (SSSR count). The van der Waals surface area contributed by atoms with Gasteiger partial charge in [-0.05, 0) is 60.8 Å². The summed E-state index contributed by atoms with van der Waals surface area (Å²) in [5.74, 6) is 0.270. The predicted molar refractivity (Wildman–Crippen MR) is 105 cm³/mol. The number of nitrogens with zero attached hydrogens (tertiary/aromatic N) is 3. The summed E-state index contributed by atoms with van der Waals surface area (Å²) >= 11 is 0. The molecule has 27 heavy (non-hydrogen) atoms.